The zero-order valence-electron chi connectivity index (χ0n) is 12.1. The van der Waals surface area contributed by atoms with E-state index >= 15 is 0 Å². The summed E-state index contributed by atoms with van der Waals surface area (Å²) in [6.45, 7) is 6.20. The topological polar surface area (TPSA) is 42.0 Å². The van der Waals surface area contributed by atoms with Gasteiger partial charge in [-0.1, -0.05) is 25.5 Å². The van der Waals surface area contributed by atoms with E-state index in [1.54, 1.807) is 23.5 Å². The maximum absolute atomic E-state index is 11.9. The first-order chi connectivity index (χ1) is 9.50. The summed E-state index contributed by atoms with van der Waals surface area (Å²) < 4.78 is 1.14. The fourth-order valence-corrected chi connectivity index (χ4v) is 3.04. The molecule has 1 aromatic carbocycles. The van der Waals surface area contributed by atoms with Gasteiger partial charge in [0.15, 0.2) is 0 Å². The van der Waals surface area contributed by atoms with Crippen LogP contribution in [0.1, 0.15) is 38.6 Å². The van der Waals surface area contributed by atoms with Crippen LogP contribution in [-0.4, -0.2) is 16.4 Å². The van der Waals surface area contributed by atoms with E-state index in [1.165, 1.54) is 0 Å². The van der Waals surface area contributed by atoms with Crippen LogP contribution < -0.4 is 5.32 Å². The number of rotatable bonds is 5. The minimum absolute atomic E-state index is 0.0669. The minimum atomic E-state index is -0.163. The molecule has 4 heteroatoms. The number of amides is 1. The summed E-state index contributed by atoms with van der Waals surface area (Å²) in [4.78, 5) is 16.4. The van der Waals surface area contributed by atoms with Gasteiger partial charge in [-0.25, -0.2) is 4.98 Å². The van der Waals surface area contributed by atoms with Gasteiger partial charge in [0.1, 0.15) is 5.01 Å². The monoisotopic (exact) mass is 288 g/mol. The molecule has 0 aliphatic carbocycles. The van der Waals surface area contributed by atoms with Crippen molar-refractivity contribution in [3.05, 3.63) is 35.3 Å². The van der Waals surface area contributed by atoms with Crippen LogP contribution in [0.5, 0.6) is 0 Å². The van der Waals surface area contributed by atoms with Crippen LogP contribution in [0.3, 0.4) is 0 Å². The second-order valence-corrected chi connectivity index (χ2v) is 6.54. The molecule has 0 bridgehead atoms. The molecule has 0 saturated heterocycles. The van der Waals surface area contributed by atoms with Crippen molar-refractivity contribution in [2.45, 2.75) is 39.2 Å². The number of benzene rings is 1. The summed E-state index contributed by atoms with van der Waals surface area (Å²) >= 11 is 1.59. The van der Waals surface area contributed by atoms with Crippen LogP contribution in [0.25, 0.3) is 16.3 Å². The van der Waals surface area contributed by atoms with E-state index in [0.29, 0.717) is 0 Å². The molecule has 1 amide bonds. The zero-order chi connectivity index (χ0) is 14.6. The second-order valence-electron chi connectivity index (χ2n) is 5.48. The van der Waals surface area contributed by atoms with Crippen molar-refractivity contribution in [1.29, 1.82) is 0 Å². The van der Waals surface area contributed by atoms with E-state index < -0.39 is 0 Å². The SMILES string of the molecule is CCCC(C)(C)NC(=O)/C=C/c1nc2ccccc2s1. The summed E-state index contributed by atoms with van der Waals surface area (Å²) in [6, 6.07) is 7.98. The average Bonchev–Trinajstić information content (AvgIpc) is 2.78. The maximum Gasteiger partial charge on any atom is 0.244 e. The van der Waals surface area contributed by atoms with Crippen LogP contribution in [0, 0.1) is 0 Å². The summed E-state index contributed by atoms with van der Waals surface area (Å²) in [5, 5.41) is 3.87. The van der Waals surface area contributed by atoms with Crippen LogP contribution in [0.4, 0.5) is 0 Å². The lowest BCUT2D eigenvalue weighted by molar-refractivity contribution is -0.118. The van der Waals surface area contributed by atoms with E-state index in [9.17, 15) is 4.79 Å². The van der Waals surface area contributed by atoms with Crippen molar-refractivity contribution in [2.24, 2.45) is 0 Å². The molecule has 0 aliphatic heterocycles. The number of fused-ring (bicyclic) bond motifs is 1. The van der Waals surface area contributed by atoms with Gasteiger partial charge in [-0.2, -0.15) is 0 Å². The van der Waals surface area contributed by atoms with Gasteiger partial charge in [0, 0.05) is 11.6 Å². The molecule has 3 nitrogen and oxygen atoms in total. The predicted molar refractivity (Wildman–Crippen MR) is 85.8 cm³/mol. The number of hydrogen-bond acceptors (Lipinski definition) is 3. The number of carbonyl (C=O) groups excluding carboxylic acids is 1. The predicted octanol–water partition coefficient (Wildman–Crippen LogP) is 4.00. The van der Waals surface area contributed by atoms with Crippen LogP contribution in [0.15, 0.2) is 30.3 Å². The number of nitrogens with one attached hydrogen (secondary N) is 1. The highest BCUT2D eigenvalue weighted by Gasteiger charge is 2.17. The Morgan fingerprint density at radius 1 is 1.40 bits per heavy atom. The molecule has 1 aromatic heterocycles. The summed E-state index contributed by atoms with van der Waals surface area (Å²) in [5.41, 5.74) is 0.813. The van der Waals surface area contributed by atoms with Gasteiger partial charge >= 0.3 is 0 Å². The summed E-state index contributed by atoms with van der Waals surface area (Å²) in [7, 11) is 0. The Bertz CT molecular complexity index is 595. The molecule has 2 rings (SSSR count). The van der Waals surface area contributed by atoms with Crippen LogP contribution in [0.2, 0.25) is 0 Å². The molecule has 2 aromatic rings. The minimum Gasteiger partial charge on any atom is -0.348 e. The van der Waals surface area contributed by atoms with E-state index in [0.717, 1.165) is 28.1 Å². The Hall–Kier alpha value is -1.68. The first-order valence-electron chi connectivity index (χ1n) is 6.86. The molecule has 0 saturated carbocycles. The molecule has 1 heterocycles. The van der Waals surface area contributed by atoms with E-state index in [2.05, 4.69) is 17.2 Å². The number of nitrogens with zero attached hydrogens (tertiary/aromatic N) is 1. The highest BCUT2D eigenvalue weighted by Crippen LogP contribution is 2.22. The van der Waals surface area contributed by atoms with Gasteiger partial charge in [-0.15, -0.1) is 11.3 Å². The van der Waals surface area contributed by atoms with Crippen LogP contribution >= 0.6 is 11.3 Å². The quantitative estimate of drug-likeness (QED) is 0.845. The lowest BCUT2D eigenvalue weighted by Gasteiger charge is -2.24. The number of para-hydroxylation sites is 1. The fourth-order valence-electron chi connectivity index (χ4n) is 2.17. The third-order valence-electron chi connectivity index (χ3n) is 3.02. The maximum atomic E-state index is 11.9. The molecule has 1 N–H and O–H groups in total. The smallest absolute Gasteiger partial charge is 0.244 e. The first kappa shape index (κ1) is 14.7. The van der Waals surface area contributed by atoms with E-state index in [1.807, 2.05) is 38.1 Å². The third-order valence-corrected chi connectivity index (χ3v) is 4.03. The number of hydrogen-bond donors (Lipinski definition) is 1. The van der Waals surface area contributed by atoms with Crippen molar-refractivity contribution in [2.75, 3.05) is 0 Å². The van der Waals surface area contributed by atoms with E-state index in [4.69, 9.17) is 0 Å². The Morgan fingerprint density at radius 3 is 2.85 bits per heavy atom. The Morgan fingerprint density at radius 2 is 2.15 bits per heavy atom. The largest absolute Gasteiger partial charge is 0.348 e. The molecule has 0 atom stereocenters. The molecular formula is C16H20N2OS. The molecule has 0 unspecified atom stereocenters. The van der Waals surface area contributed by atoms with Gasteiger partial charge < -0.3 is 5.32 Å². The molecule has 0 spiro atoms. The Balaban J connectivity index is 2.03. The summed E-state index contributed by atoms with van der Waals surface area (Å²) in [6.07, 6.45) is 5.36. The van der Waals surface area contributed by atoms with E-state index in [-0.39, 0.29) is 11.4 Å². The highest BCUT2D eigenvalue weighted by molar-refractivity contribution is 7.19. The fraction of sp³-hybridized carbons (Fsp3) is 0.375. The Kier molecular flexibility index (Phi) is 4.55. The summed E-state index contributed by atoms with van der Waals surface area (Å²) in [5.74, 6) is -0.0669. The van der Waals surface area contributed by atoms with Gasteiger partial charge in [-0.3, -0.25) is 4.79 Å². The molecule has 106 valence electrons. The second kappa shape index (κ2) is 6.18. The molecular weight excluding hydrogens is 268 g/mol. The van der Waals surface area contributed by atoms with Crippen LogP contribution in [-0.2, 0) is 4.79 Å². The van der Waals surface area contributed by atoms with Crippen molar-refractivity contribution in [3.63, 3.8) is 0 Å². The van der Waals surface area contributed by atoms with Crippen molar-refractivity contribution < 1.29 is 4.79 Å². The number of carbonyl (C=O) groups is 1. The molecule has 0 fully saturated rings. The molecule has 20 heavy (non-hydrogen) atoms. The van der Waals surface area contributed by atoms with Gasteiger partial charge in [0.25, 0.3) is 0 Å². The van der Waals surface area contributed by atoms with Gasteiger partial charge in [0.05, 0.1) is 10.2 Å². The van der Waals surface area contributed by atoms with Crippen molar-refractivity contribution in [3.8, 4) is 0 Å². The molecule has 0 aliphatic rings. The number of aromatic nitrogens is 1. The number of thiazole rings is 1. The van der Waals surface area contributed by atoms with Crippen molar-refractivity contribution in [1.82, 2.24) is 10.3 Å². The third kappa shape index (κ3) is 3.90. The zero-order valence-corrected chi connectivity index (χ0v) is 13.0. The average molecular weight is 288 g/mol. The standard InChI is InChI=1S/C16H20N2OS/c1-4-11-16(2,3)18-14(19)9-10-15-17-12-7-5-6-8-13(12)20-15/h5-10H,4,11H2,1-3H3,(H,18,19)/b10-9+. The first-order valence-corrected chi connectivity index (χ1v) is 7.67. The Labute approximate surface area is 123 Å². The molecule has 0 radical (unpaired) electrons. The highest BCUT2D eigenvalue weighted by atomic mass is 32.1. The van der Waals surface area contributed by atoms with Crippen molar-refractivity contribution >= 4 is 33.5 Å². The normalized spacial score (nSPS) is 12.2. The lowest BCUT2D eigenvalue weighted by Crippen LogP contribution is -2.42. The van der Waals surface area contributed by atoms with Gasteiger partial charge in [0.2, 0.25) is 5.91 Å². The van der Waals surface area contributed by atoms with Gasteiger partial charge in [-0.05, 0) is 38.5 Å². The lowest BCUT2D eigenvalue weighted by atomic mass is 9.99.